The average Bonchev–Trinajstić information content (AvgIpc) is 2.98. The highest BCUT2D eigenvalue weighted by atomic mass is 32.1. The van der Waals surface area contributed by atoms with Gasteiger partial charge in [0.2, 0.25) is 0 Å². The molecule has 2 heterocycles. The number of thiophene rings is 1. The number of amides is 2. The van der Waals surface area contributed by atoms with E-state index in [1.165, 1.54) is 24.2 Å². The largest absolute Gasteiger partial charge is 0.352 e. The van der Waals surface area contributed by atoms with E-state index in [0.29, 0.717) is 28.8 Å². The van der Waals surface area contributed by atoms with E-state index < -0.39 is 0 Å². The van der Waals surface area contributed by atoms with Crippen molar-refractivity contribution in [2.24, 2.45) is 5.92 Å². The van der Waals surface area contributed by atoms with Crippen LogP contribution in [-0.2, 0) is 0 Å². The molecule has 3 N–H and O–H groups in total. The first-order valence-electron chi connectivity index (χ1n) is 7.57. The number of nitrogens with one attached hydrogen (secondary N) is 3. The van der Waals surface area contributed by atoms with Gasteiger partial charge in [-0.05, 0) is 57.3 Å². The molecular formula is C15H23N3O2S. The summed E-state index contributed by atoms with van der Waals surface area (Å²) in [7, 11) is 0. The first kappa shape index (κ1) is 16.0. The first-order valence-corrected chi connectivity index (χ1v) is 8.39. The van der Waals surface area contributed by atoms with E-state index in [0.717, 1.165) is 19.5 Å². The predicted octanol–water partition coefficient (Wildman–Crippen LogP) is 1.62. The van der Waals surface area contributed by atoms with Crippen LogP contribution in [0.5, 0.6) is 0 Å². The molecule has 1 saturated heterocycles. The maximum atomic E-state index is 12.0. The van der Waals surface area contributed by atoms with Crippen molar-refractivity contribution in [1.29, 1.82) is 0 Å². The van der Waals surface area contributed by atoms with E-state index >= 15 is 0 Å². The summed E-state index contributed by atoms with van der Waals surface area (Å²) in [6, 6.07) is 3.42. The molecule has 1 fully saturated rings. The van der Waals surface area contributed by atoms with Crippen molar-refractivity contribution in [1.82, 2.24) is 16.0 Å². The van der Waals surface area contributed by atoms with Gasteiger partial charge in [-0.1, -0.05) is 0 Å². The summed E-state index contributed by atoms with van der Waals surface area (Å²) in [6.07, 6.45) is 3.41. The molecule has 0 radical (unpaired) electrons. The third-order valence-corrected chi connectivity index (χ3v) is 4.77. The minimum absolute atomic E-state index is 0.0792. The summed E-state index contributed by atoms with van der Waals surface area (Å²) in [5.41, 5.74) is 0. The maximum Gasteiger partial charge on any atom is 0.261 e. The van der Waals surface area contributed by atoms with Gasteiger partial charge < -0.3 is 16.0 Å². The lowest BCUT2D eigenvalue weighted by Crippen LogP contribution is -2.31. The lowest BCUT2D eigenvalue weighted by atomic mass is 9.95. The van der Waals surface area contributed by atoms with Gasteiger partial charge in [0.15, 0.2) is 0 Å². The number of hydrogen-bond donors (Lipinski definition) is 3. The topological polar surface area (TPSA) is 70.2 Å². The number of piperidine rings is 1. The summed E-state index contributed by atoms with van der Waals surface area (Å²) in [4.78, 5) is 24.9. The average molecular weight is 309 g/mol. The second-order valence-electron chi connectivity index (χ2n) is 5.26. The number of rotatable bonds is 6. The van der Waals surface area contributed by atoms with E-state index in [4.69, 9.17) is 0 Å². The molecule has 2 rings (SSSR count). The minimum atomic E-state index is -0.115. The quantitative estimate of drug-likeness (QED) is 0.748. The fourth-order valence-electron chi connectivity index (χ4n) is 2.48. The highest BCUT2D eigenvalue weighted by molar-refractivity contribution is 7.15. The lowest BCUT2D eigenvalue weighted by molar-refractivity contribution is 0.0950. The minimum Gasteiger partial charge on any atom is -0.352 e. The van der Waals surface area contributed by atoms with E-state index in [1.807, 2.05) is 6.92 Å². The SMILES string of the molecule is CCNC(=O)c1ccc(C(=O)NCCC2CCNCC2)s1. The zero-order chi connectivity index (χ0) is 15.1. The molecule has 1 aromatic rings. The van der Waals surface area contributed by atoms with Gasteiger partial charge in [0.1, 0.15) is 0 Å². The molecule has 1 aliphatic rings. The number of hydrogen-bond acceptors (Lipinski definition) is 4. The molecular weight excluding hydrogens is 286 g/mol. The zero-order valence-corrected chi connectivity index (χ0v) is 13.2. The Bertz CT molecular complexity index is 481. The zero-order valence-electron chi connectivity index (χ0n) is 12.4. The molecule has 1 aliphatic heterocycles. The van der Waals surface area contributed by atoms with E-state index in [2.05, 4.69) is 16.0 Å². The second-order valence-corrected chi connectivity index (χ2v) is 6.35. The van der Waals surface area contributed by atoms with Gasteiger partial charge in [-0.25, -0.2) is 0 Å². The van der Waals surface area contributed by atoms with Crippen molar-refractivity contribution in [3.63, 3.8) is 0 Å². The van der Waals surface area contributed by atoms with Crippen LogP contribution in [0.25, 0.3) is 0 Å². The van der Waals surface area contributed by atoms with Crippen LogP contribution in [0.4, 0.5) is 0 Å². The Hall–Kier alpha value is -1.40. The molecule has 0 atom stereocenters. The fourth-order valence-corrected chi connectivity index (χ4v) is 3.32. The Kier molecular flexibility index (Phi) is 6.20. The van der Waals surface area contributed by atoms with E-state index in [-0.39, 0.29) is 11.8 Å². The summed E-state index contributed by atoms with van der Waals surface area (Å²) >= 11 is 1.24. The van der Waals surface area contributed by atoms with Gasteiger partial charge in [0.05, 0.1) is 9.75 Å². The van der Waals surface area contributed by atoms with Crippen molar-refractivity contribution in [3.05, 3.63) is 21.9 Å². The third kappa shape index (κ3) is 4.82. The van der Waals surface area contributed by atoms with Gasteiger partial charge >= 0.3 is 0 Å². The predicted molar refractivity (Wildman–Crippen MR) is 84.9 cm³/mol. The van der Waals surface area contributed by atoms with Crippen molar-refractivity contribution < 1.29 is 9.59 Å². The molecule has 0 unspecified atom stereocenters. The molecule has 0 aromatic carbocycles. The summed E-state index contributed by atoms with van der Waals surface area (Å²) in [6.45, 7) is 5.34. The Morgan fingerprint density at radius 2 is 1.81 bits per heavy atom. The molecule has 0 aliphatic carbocycles. The smallest absolute Gasteiger partial charge is 0.261 e. The first-order chi connectivity index (χ1) is 10.2. The monoisotopic (exact) mass is 309 g/mol. The normalized spacial score (nSPS) is 15.7. The molecule has 1 aromatic heterocycles. The van der Waals surface area contributed by atoms with E-state index in [1.54, 1.807) is 12.1 Å². The highest BCUT2D eigenvalue weighted by Crippen LogP contribution is 2.17. The van der Waals surface area contributed by atoms with Gasteiger partial charge in [-0.15, -0.1) is 11.3 Å². The fraction of sp³-hybridized carbons (Fsp3) is 0.600. The Morgan fingerprint density at radius 1 is 1.19 bits per heavy atom. The van der Waals surface area contributed by atoms with Gasteiger partial charge in [-0.3, -0.25) is 9.59 Å². The van der Waals surface area contributed by atoms with Crippen molar-refractivity contribution in [3.8, 4) is 0 Å². The van der Waals surface area contributed by atoms with E-state index in [9.17, 15) is 9.59 Å². The van der Waals surface area contributed by atoms with Gasteiger partial charge in [-0.2, -0.15) is 0 Å². The van der Waals surface area contributed by atoms with Crippen LogP contribution >= 0.6 is 11.3 Å². The van der Waals surface area contributed by atoms with Crippen LogP contribution in [0.15, 0.2) is 12.1 Å². The highest BCUT2D eigenvalue weighted by Gasteiger charge is 2.15. The molecule has 0 spiro atoms. The molecule has 5 nitrogen and oxygen atoms in total. The van der Waals surface area contributed by atoms with Crippen LogP contribution in [0.3, 0.4) is 0 Å². The summed E-state index contributed by atoms with van der Waals surface area (Å²) < 4.78 is 0. The molecule has 21 heavy (non-hydrogen) atoms. The van der Waals surface area contributed by atoms with Crippen molar-refractivity contribution in [2.75, 3.05) is 26.2 Å². The number of carbonyl (C=O) groups excluding carboxylic acids is 2. The van der Waals surface area contributed by atoms with Crippen LogP contribution in [0, 0.1) is 5.92 Å². The van der Waals surface area contributed by atoms with Crippen LogP contribution < -0.4 is 16.0 Å². The van der Waals surface area contributed by atoms with Crippen LogP contribution in [0.2, 0.25) is 0 Å². The van der Waals surface area contributed by atoms with Crippen LogP contribution in [0.1, 0.15) is 45.5 Å². The molecule has 116 valence electrons. The molecule has 0 bridgehead atoms. The Balaban J connectivity index is 1.76. The third-order valence-electron chi connectivity index (χ3n) is 3.69. The summed E-state index contributed by atoms with van der Waals surface area (Å²) in [5, 5.41) is 9.02. The molecule has 2 amide bonds. The standard InChI is InChI=1S/C15H23N3O2S/c1-2-17-14(19)12-3-4-13(21-12)15(20)18-10-7-11-5-8-16-9-6-11/h3-4,11,16H,2,5-10H2,1H3,(H,17,19)(H,18,20). The molecule has 0 saturated carbocycles. The van der Waals surface area contributed by atoms with Crippen molar-refractivity contribution >= 4 is 23.2 Å². The second kappa shape index (κ2) is 8.14. The lowest BCUT2D eigenvalue weighted by Gasteiger charge is -2.22. The van der Waals surface area contributed by atoms with Crippen LogP contribution in [-0.4, -0.2) is 38.0 Å². The Labute approximate surface area is 129 Å². The van der Waals surface area contributed by atoms with Gasteiger partial charge in [0.25, 0.3) is 11.8 Å². The maximum absolute atomic E-state index is 12.0. The Morgan fingerprint density at radius 3 is 2.43 bits per heavy atom. The van der Waals surface area contributed by atoms with Gasteiger partial charge in [0, 0.05) is 13.1 Å². The number of carbonyl (C=O) groups is 2. The van der Waals surface area contributed by atoms with Crippen molar-refractivity contribution in [2.45, 2.75) is 26.2 Å². The summed E-state index contributed by atoms with van der Waals surface area (Å²) in [5.74, 6) is 0.515. The molecule has 6 heteroatoms.